The summed E-state index contributed by atoms with van der Waals surface area (Å²) in [6.45, 7) is 6.34. The third kappa shape index (κ3) is 3.92. The van der Waals surface area contributed by atoms with Crippen molar-refractivity contribution < 1.29 is 17.9 Å². The molecule has 2 heterocycles. The van der Waals surface area contributed by atoms with E-state index in [2.05, 4.69) is 4.72 Å². The number of amides is 1. The highest BCUT2D eigenvalue weighted by Crippen LogP contribution is 2.25. The highest BCUT2D eigenvalue weighted by atomic mass is 32.2. The van der Waals surface area contributed by atoms with E-state index >= 15 is 0 Å². The first kappa shape index (κ1) is 18.9. The molecule has 1 aliphatic rings. The fraction of sp³-hybridized carbons (Fsp3) is 0.389. The average Bonchev–Trinajstić information content (AvgIpc) is 3.23. The molecule has 0 radical (unpaired) electrons. The van der Waals surface area contributed by atoms with Gasteiger partial charge in [0.1, 0.15) is 10.3 Å². The molecule has 0 bridgehead atoms. The monoisotopic (exact) mass is 394 g/mol. The number of rotatable bonds is 6. The number of sulfonamides is 1. The number of aryl methyl sites for hydroxylation is 3. The summed E-state index contributed by atoms with van der Waals surface area (Å²) in [5, 5.41) is 0. The molecule has 1 amide bonds. The van der Waals surface area contributed by atoms with E-state index in [1.807, 2.05) is 45.0 Å². The SMILES string of the molecule is CCc1ccc(S(=O)(=O)NCC2CN(c3ccc(C)c(C)c3)C(=O)O2)s1. The molecule has 26 heavy (non-hydrogen) atoms. The minimum absolute atomic E-state index is 0.0504. The van der Waals surface area contributed by atoms with Crippen LogP contribution in [0, 0.1) is 13.8 Å². The van der Waals surface area contributed by atoms with E-state index in [4.69, 9.17) is 4.74 Å². The molecule has 1 atom stereocenters. The number of nitrogens with zero attached hydrogens (tertiary/aromatic N) is 1. The van der Waals surface area contributed by atoms with Gasteiger partial charge in [-0.25, -0.2) is 17.9 Å². The Hall–Kier alpha value is -1.90. The van der Waals surface area contributed by atoms with E-state index in [1.165, 1.54) is 16.2 Å². The maximum absolute atomic E-state index is 12.4. The lowest BCUT2D eigenvalue weighted by Crippen LogP contribution is -2.34. The molecule has 0 saturated carbocycles. The molecular weight excluding hydrogens is 372 g/mol. The number of carbonyl (C=O) groups excluding carboxylic acids is 1. The molecule has 1 saturated heterocycles. The van der Waals surface area contributed by atoms with Crippen LogP contribution in [-0.4, -0.2) is 33.7 Å². The third-order valence-corrected chi connectivity index (χ3v) is 7.57. The van der Waals surface area contributed by atoms with Crippen molar-refractivity contribution in [3.63, 3.8) is 0 Å². The summed E-state index contributed by atoms with van der Waals surface area (Å²) in [5.41, 5.74) is 2.99. The second kappa shape index (κ2) is 7.38. The summed E-state index contributed by atoms with van der Waals surface area (Å²) in [6.07, 6.45) is -0.183. The van der Waals surface area contributed by atoms with Crippen molar-refractivity contribution >= 4 is 33.1 Å². The second-order valence-electron chi connectivity index (χ2n) is 6.31. The first-order valence-electron chi connectivity index (χ1n) is 8.44. The molecule has 0 aliphatic carbocycles. The van der Waals surface area contributed by atoms with Crippen molar-refractivity contribution in [3.8, 4) is 0 Å². The minimum atomic E-state index is -3.59. The maximum Gasteiger partial charge on any atom is 0.414 e. The van der Waals surface area contributed by atoms with E-state index in [0.717, 1.165) is 28.1 Å². The molecule has 1 aromatic carbocycles. The van der Waals surface area contributed by atoms with Gasteiger partial charge in [-0.2, -0.15) is 0 Å². The van der Waals surface area contributed by atoms with Crippen LogP contribution in [0.25, 0.3) is 0 Å². The van der Waals surface area contributed by atoms with Crippen LogP contribution in [-0.2, 0) is 21.2 Å². The summed E-state index contributed by atoms with van der Waals surface area (Å²) in [6, 6.07) is 9.18. The van der Waals surface area contributed by atoms with Crippen molar-refractivity contribution in [2.75, 3.05) is 18.0 Å². The number of ether oxygens (including phenoxy) is 1. The average molecular weight is 395 g/mol. The Bertz CT molecular complexity index is 921. The standard InChI is InChI=1S/C18H22N2O4S2/c1-4-16-7-8-17(25-16)26(22,23)19-10-15-11-20(18(21)24-15)14-6-5-12(2)13(3)9-14/h5-9,15,19H,4,10-11H2,1-3H3. The minimum Gasteiger partial charge on any atom is -0.443 e. The molecule has 6 nitrogen and oxygen atoms in total. The molecule has 1 fully saturated rings. The lowest BCUT2D eigenvalue weighted by Gasteiger charge is -2.14. The smallest absolute Gasteiger partial charge is 0.414 e. The molecule has 140 valence electrons. The van der Waals surface area contributed by atoms with Gasteiger partial charge in [0.05, 0.1) is 6.54 Å². The van der Waals surface area contributed by atoms with Crippen LogP contribution in [0.5, 0.6) is 0 Å². The zero-order valence-electron chi connectivity index (χ0n) is 15.0. The number of hydrogen-bond acceptors (Lipinski definition) is 5. The van der Waals surface area contributed by atoms with Gasteiger partial charge >= 0.3 is 6.09 Å². The fourth-order valence-corrected chi connectivity index (χ4v) is 5.11. The molecule has 1 unspecified atom stereocenters. The van der Waals surface area contributed by atoms with Gasteiger partial charge < -0.3 is 4.74 Å². The Morgan fingerprint density at radius 2 is 2.00 bits per heavy atom. The highest BCUT2D eigenvalue weighted by Gasteiger charge is 2.33. The van der Waals surface area contributed by atoms with Crippen molar-refractivity contribution in [1.29, 1.82) is 0 Å². The predicted octanol–water partition coefficient (Wildman–Crippen LogP) is 3.23. The van der Waals surface area contributed by atoms with E-state index in [1.54, 1.807) is 6.07 Å². The Kier molecular flexibility index (Phi) is 5.36. The Morgan fingerprint density at radius 3 is 2.65 bits per heavy atom. The van der Waals surface area contributed by atoms with Crippen molar-refractivity contribution in [1.82, 2.24) is 4.72 Å². The molecule has 1 aromatic heterocycles. The topological polar surface area (TPSA) is 75.7 Å². The van der Waals surface area contributed by atoms with Gasteiger partial charge in [-0.05, 0) is 55.7 Å². The van der Waals surface area contributed by atoms with E-state index in [0.29, 0.717) is 6.54 Å². The molecule has 3 rings (SSSR count). The first-order valence-corrected chi connectivity index (χ1v) is 10.7. The van der Waals surface area contributed by atoms with Gasteiger partial charge in [-0.1, -0.05) is 13.0 Å². The number of hydrogen-bond donors (Lipinski definition) is 1. The van der Waals surface area contributed by atoms with Gasteiger partial charge in [0, 0.05) is 17.1 Å². The number of nitrogens with one attached hydrogen (secondary N) is 1. The highest BCUT2D eigenvalue weighted by molar-refractivity contribution is 7.91. The Labute approximate surface area is 157 Å². The van der Waals surface area contributed by atoms with Crippen molar-refractivity contribution in [2.45, 2.75) is 37.5 Å². The van der Waals surface area contributed by atoms with Gasteiger partial charge in [0.25, 0.3) is 0 Å². The zero-order valence-corrected chi connectivity index (χ0v) is 16.6. The van der Waals surface area contributed by atoms with Crippen LogP contribution in [0.4, 0.5) is 10.5 Å². The van der Waals surface area contributed by atoms with Crippen LogP contribution in [0.15, 0.2) is 34.5 Å². The number of carbonyl (C=O) groups is 1. The van der Waals surface area contributed by atoms with Crippen LogP contribution in [0.2, 0.25) is 0 Å². The quantitative estimate of drug-likeness (QED) is 0.816. The van der Waals surface area contributed by atoms with Gasteiger partial charge in [0.2, 0.25) is 10.0 Å². The van der Waals surface area contributed by atoms with Gasteiger partial charge in [0.15, 0.2) is 0 Å². The van der Waals surface area contributed by atoms with Crippen LogP contribution < -0.4 is 9.62 Å². The first-order chi connectivity index (χ1) is 12.3. The molecule has 1 N–H and O–H groups in total. The molecule has 8 heteroatoms. The lowest BCUT2D eigenvalue weighted by atomic mass is 10.1. The van der Waals surface area contributed by atoms with E-state index in [-0.39, 0.29) is 10.8 Å². The maximum atomic E-state index is 12.4. The summed E-state index contributed by atoms with van der Waals surface area (Å²) in [5.74, 6) is 0. The number of benzene rings is 1. The largest absolute Gasteiger partial charge is 0.443 e. The molecule has 0 spiro atoms. The van der Waals surface area contributed by atoms with E-state index in [9.17, 15) is 13.2 Å². The summed E-state index contributed by atoms with van der Waals surface area (Å²) < 4.78 is 32.9. The normalized spacial score (nSPS) is 17.6. The molecule has 1 aliphatic heterocycles. The zero-order chi connectivity index (χ0) is 18.9. The van der Waals surface area contributed by atoms with Gasteiger partial charge in [-0.3, -0.25) is 4.90 Å². The second-order valence-corrected chi connectivity index (χ2v) is 9.47. The summed E-state index contributed by atoms with van der Waals surface area (Å²) in [7, 11) is -3.59. The predicted molar refractivity (Wildman–Crippen MR) is 102 cm³/mol. The summed E-state index contributed by atoms with van der Waals surface area (Å²) in [4.78, 5) is 14.7. The lowest BCUT2D eigenvalue weighted by molar-refractivity contribution is 0.143. The molecular formula is C18H22N2O4S2. The van der Waals surface area contributed by atoms with Crippen LogP contribution in [0.3, 0.4) is 0 Å². The number of cyclic esters (lactones) is 1. The van der Waals surface area contributed by atoms with Crippen LogP contribution >= 0.6 is 11.3 Å². The van der Waals surface area contributed by atoms with E-state index < -0.39 is 22.2 Å². The Balaban J connectivity index is 1.64. The summed E-state index contributed by atoms with van der Waals surface area (Å²) >= 11 is 1.25. The van der Waals surface area contributed by atoms with Crippen molar-refractivity contribution in [2.24, 2.45) is 0 Å². The van der Waals surface area contributed by atoms with Crippen LogP contribution in [0.1, 0.15) is 22.9 Å². The van der Waals surface area contributed by atoms with Crippen molar-refractivity contribution in [3.05, 3.63) is 46.3 Å². The third-order valence-electron chi connectivity index (χ3n) is 4.43. The van der Waals surface area contributed by atoms with Gasteiger partial charge in [-0.15, -0.1) is 11.3 Å². The number of thiophene rings is 1. The molecule has 2 aromatic rings. The fourth-order valence-electron chi connectivity index (χ4n) is 2.70. The number of anilines is 1. The Morgan fingerprint density at radius 1 is 1.23 bits per heavy atom.